The van der Waals surface area contributed by atoms with Crippen molar-refractivity contribution in [3.8, 4) is 0 Å². The predicted molar refractivity (Wildman–Crippen MR) is 84.9 cm³/mol. The number of alkyl halides is 3. The van der Waals surface area contributed by atoms with E-state index in [1.165, 1.54) is 18.6 Å². The van der Waals surface area contributed by atoms with E-state index in [9.17, 15) is 13.2 Å². The first-order valence-corrected chi connectivity index (χ1v) is 7.76. The number of nitrogens with one attached hydrogen (secondary N) is 1. The highest BCUT2D eigenvalue weighted by Gasteiger charge is 2.36. The highest BCUT2D eigenvalue weighted by molar-refractivity contribution is 5.49. The minimum atomic E-state index is -4.39. The highest BCUT2D eigenvalue weighted by atomic mass is 19.4. The van der Waals surface area contributed by atoms with E-state index in [2.05, 4.69) is 20.3 Å². The van der Waals surface area contributed by atoms with E-state index >= 15 is 0 Å². The number of anilines is 2. The number of halogens is 3. The van der Waals surface area contributed by atoms with E-state index in [0.29, 0.717) is 13.1 Å². The van der Waals surface area contributed by atoms with Gasteiger partial charge in [-0.25, -0.2) is 15.0 Å². The van der Waals surface area contributed by atoms with Gasteiger partial charge >= 0.3 is 6.18 Å². The molecular weight excluding hydrogens is 319 g/mol. The molecule has 24 heavy (non-hydrogen) atoms. The largest absolute Gasteiger partial charge is 0.419 e. The lowest BCUT2D eigenvalue weighted by Crippen LogP contribution is -2.40. The summed E-state index contributed by atoms with van der Waals surface area (Å²) in [5, 5.41) is 3.32. The Kier molecular flexibility index (Phi) is 4.55. The molecule has 0 aliphatic carbocycles. The van der Waals surface area contributed by atoms with Crippen molar-refractivity contribution in [1.82, 2.24) is 15.0 Å². The van der Waals surface area contributed by atoms with E-state index < -0.39 is 11.7 Å². The third-order valence-corrected chi connectivity index (χ3v) is 4.04. The summed E-state index contributed by atoms with van der Waals surface area (Å²) in [4.78, 5) is 13.9. The Bertz CT molecular complexity index is 696. The van der Waals surface area contributed by atoms with Gasteiger partial charge in [-0.05, 0) is 31.9 Å². The highest BCUT2D eigenvalue weighted by Crippen LogP contribution is 2.36. The number of nitrogens with zero attached hydrogens (tertiary/aromatic N) is 4. The first-order chi connectivity index (χ1) is 11.4. The molecule has 0 spiro atoms. The van der Waals surface area contributed by atoms with Gasteiger partial charge < -0.3 is 10.2 Å². The van der Waals surface area contributed by atoms with Crippen molar-refractivity contribution in [1.29, 1.82) is 0 Å². The van der Waals surface area contributed by atoms with Crippen molar-refractivity contribution in [2.75, 3.05) is 23.3 Å². The van der Waals surface area contributed by atoms with Gasteiger partial charge in [0.2, 0.25) is 0 Å². The zero-order chi connectivity index (χ0) is 17.2. The Morgan fingerprint density at radius 3 is 2.58 bits per heavy atom. The van der Waals surface area contributed by atoms with Gasteiger partial charge in [0.25, 0.3) is 0 Å². The summed E-state index contributed by atoms with van der Waals surface area (Å²) in [6.07, 6.45) is -0.0557. The molecule has 1 saturated heterocycles. The van der Waals surface area contributed by atoms with Crippen LogP contribution in [0, 0.1) is 6.92 Å². The van der Waals surface area contributed by atoms with Crippen molar-refractivity contribution in [3.63, 3.8) is 0 Å². The maximum atomic E-state index is 13.1. The van der Waals surface area contributed by atoms with Crippen molar-refractivity contribution >= 4 is 11.6 Å². The van der Waals surface area contributed by atoms with Crippen LogP contribution in [0.25, 0.3) is 0 Å². The molecule has 3 heterocycles. The Morgan fingerprint density at radius 2 is 1.92 bits per heavy atom. The topological polar surface area (TPSA) is 53.9 Å². The summed E-state index contributed by atoms with van der Waals surface area (Å²) < 4.78 is 39.3. The van der Waals surface area contributed by atoms with Crippen molar-refractivity contribution in [3.05, 3.63) is 42.0 Å². The summed E-state index contributed by atoms with van der Waals surface area (Å²) in [6, 6.07) is 4.43. The predicted octanol–water partition coefficient (Wildman–Crippen LogP) is 3.28. The number of hydrogen-bond donors (Lipinski definition) is 1. The number of pyridine rings is 1. The monoisotopic (exact) mass is 337 g/mol. The molecule has 3 rings (SSSR count). The SMILES string of the molecule is Cc1cc(NC2CCN(c3ncccc3C(F)(F)F)CC2)ncn1. The number of aromatic nitrogens is 3. The summed E-state index contributed by atoms with van der Waals surface area (Å²) in [6.45, 7) is 2.92. The number of piperidine rings is 1. The standard InChI is InChI=1S/C16H18F3N5/c1-11-9-14(22-10-21-11)23-12-4-7-24(8-5-12)15-13(16(17,18)19)3-2-6-20-15/h2-3,6,9-10,12H,4-5,7-8H2,1H3,(H,21,22,23). The molecule has 0 bridgehead atoms. The lowest BCUT2D eigenvalue weighted by molar-refractivity contribution is -0.137. The van der Waals surface area contributed by atoms with Gasteiger partial charge in [0, 0.05) is 37.1 Å². The van der Waals surface area contributed by atoms with E-state index in [0.717, 1.165) is 30.4 Å². The number of aryl methyl sites for hydroxylation is 1. The summed E-state index contributed by atoms with van der Waals surface area (Å²) in [5.41, 5.74) is 0.191. The van der Waals surface area contributed by atoms with Gasteiger partial charge in [-0.1, -0.05) is 0 Å². The van der Waals surface area contributed by atoms with Crippen LogP contribution in [0.4, 0.5) is 24.8 Å². The van der Waals surface area contributed by atoms with Crippen LogP contribution in [-0.2, 0) is 6.18 Å². The fourth-order valence-corrected chi connectivity index (χ4v) is 2.85. The summed E-state index contributed by atoms with van der Waals surface area (Å²) in [5.74, 6) is 0.760. The van der Waals surface area contributed by atoms with E-state index in [4.69, 9.17) is 0 Å². The molecule has 0 atom stereocenters. The van der Waals surface area contributed by atoms with Gasteiger partial charge in [0.1, 0.15) is 18.0 Å². The average Bonchev–Trinajstić information content (AvgIpc) is 2.55. The fraction of sp³-hybridized carbons (Fsp3) is 0.438. The van der Waals surface area contributed by atoms with Crippen LogP contribution in [0.3, 0.4) is 0 Å². The van der Waals surface area contributed by atoms with Gasteiger partial charge in [-0.3, -0.25) is 0 Å². The average molecular weight is 337 g/mol. The van der Waals surface area contributed by atoms with Gasteiger partial charge in [-0.15, -0.1) is 0 Å². The first kappa shape index (κ1) is 16.5. The molecule has 8 heteroatoms. The zero-order valence-electron chi connectivity index (χ0n) is 13.2. The molecule has 1 N–H and O–H groups in total. The first-order valence-electron chi connectivity index (χ1n) is 7.76. The maximum Gasteiger partial charge on any atom is 0.419 e. The minimum Gasteiger partial charge on any atom is -0.367 e. The summed E-state index contributed by atoms with van der Waals surface area (Å²) >= 11 is 0. The van der Waals surface area contributed by atoms with Crippen LogP contribution in [0.2, 0.25) is 0 Å². The lowest BCUT2D eigenvalue weighted by Gasteiger charge is -2.34. The third kappa shape index (κ3) is 3.74. The number of hydrogen-bond acceptors (Lipinski definition) is 5. The molecule has 1 aliphatic rings. The van der Waals surface area contributed by atoms with Crippen LogP contribution in [-0.4, -0.2) is 34.1 Å². The van der Waals surface area contributed by atoms with Gasteiger partial charge in [0.05, 0.1) is 5.56 Å². The Hall–Kier alpha value is -2.38. The Morgan fingerprint density at radius 1 is 1.17 bits per heavy atom. The molecular formula is C16H18F3N5. The molecule has 0 radical (unpaired) electrons. The van der Waals surface area contributed by atoms with Gasteiger partial charge in [0.15, 0.2) is 0 Å². The number of rotatable bonds is 3. The molecule has 2 aromatic rings. The Balaban J connectivity index is 1.66. The lowest BCUT2D eigenvalue weighted by atomic mass is 10.0. The molecule has 128 valence electrons. The molecule has 1 aliphatic heterocycles. The molecule has 2 aromatic heterocycles. The van der Waals surface area contributed by atoms with Crippen LogP contribution >= 0.6 is 0 Å². The van der Waals surface area contributed by atoms with Crippen LogP contribution in [0.1, 0.15) is 24.1 Å². The van der Waals surface area contributed by atoms with Crippen molar-refractivity contribution in [2.45, 2.75) is 32.0 Å². The smallest absolute Gasteiger partial charge is 0.367 e. The van der Waals surface area contributed by atoms with Crippen molar-refractivity contribution in [2.24, 2.45) is 0 Å². The molecule has 5 nitrogen and oxygen atoms in total. The second-order valence-corrected chi connectivity index (χ2v) is 5.82. The third-order valence-electron chi connectivity index (χ3n) is 4.04. The second-order valence-electron chi connectivity index (χ2n) is 5.82. The van der Waals surface area contributed by atoms with Crippen LogP contribution < -0.4 is 10.2 Å². The van der Waals surface area contributed by atoms with E-state index in [1.807, 2.05) is 13.0 Å². The molecule has 0 unspecified atom stereocenters. The fourth-order valence-electron chi connectivity index (χ4n) is 2.85. The second kappa shape index (κ2) is 6.62. The quantitative estimate of drug-likeness (QED) is 0.931. The van der Waals surface area contributed by atoms with Gasteiger partial charge in [-0.2, -0.15) is 13.2 Å². The van der Waals surface area contributed by atoms with Crippen molar-refractivity contribution < 1.29 is 13.2 Å². The maximum absolute atomic E-state index is 13.1. The van der Waals surface area contributed by atoms with E-state index in [1.54, 1.807) is 4.90 Å². The zero-order valence-corrected chi connectivity index (χ0v) is 13.2. The molecule has 0 aromatic carbocycles. The minimum absolute atomic E-state index is 0.0151. The van der Waals surface area contributed by atoms with Crippen LogP contribution in [0.15, 0.2) is 30.7 Å². The van der Waals surface area contributed by atoms with Crippen LogP contribution in [0.5, 0.6) is 0 Å². The van der Waals surface area contributed by atoms with E-state index in [-0.39, 0.29) is 11.9 Å². The molecule has 0 saturated carbocycles. The molecule has 0 amide bonds. The normalized spacial score (nSPS) is 16.2. The Labute approximate surface area is 138 Å². The molecule has 1 fully saturated rings. The summed E-state index contributed by atoms with van der Waals surface area (Å²) in [7, 11) is 0.